The molecule has 100 valence electrons. The molecule has 0 radical (unpaired) electrons. The number of nitrogens with zero attached hydrogens (tertiary/aromatic N) is 1. The largest absolute Gasteiger partial charge is 0.496 e. The molecule has 1 aromatic carbocycles. The molecule has 1 rings (SSSR count). The molecule has 1 aromatic rings. The van der Waals surface area contributed by atoms with Gasteiger partial charge in [-0.25, -0.2) is 0 Å². The third-order valence-electron chi connectivity index (χ3n) is 3.52. The molecule has 0 aliphatic carbocycles. The Kier molecular flexibility index (Phi) is 5.35. The third-order valence-corrected chi connectivity index (χ3v) is 3.52. The zero-order valence-electron chi connectivity index (χ0n) is 12.0. The van der Waals surface area contributed by atoms with Crippen LogP contribution in [0, 0.1) is 13.8 Å². The van der Waals surface area contributed by atoms with Crippen LogP contribution in [0.3, 0.4) is 0 Å². The monoisotopic (exact) mass is 249 g/mol. The van der Waals surface area contributed by atoms with E-state index < -0.39 is 0 Å². The quantitative estimate of drug-likeness (QED) is 0.726. The van der Waals surface area contributed by atoms with Gasteiger partial charge < -0.3 is 4.74 Å². The summed E-state index contributed by atoms with van der Waals surface area (Å²) in [5.74, 6) is 1.02. The van der Waals surface area contributed by atoms with Gasteiger partial charge in [-0.15, -0.1) is 0 Å². The predicted octanol–water partition coefficient (Wildman–Crippen LogP) is 2.84. The number of hydrogen-bond donors (Lipinski definition) is 0. The molecule has 0 fully saturated rings. The first-order valence-electron chi connectivity index (χ1n) is 6.44. The molecule has 0 aromatic heterocycles. The molecule has 0 unspecified atom stereocenters. The maximum Gasteiger partial charge on any atom is 0.177 e. The van der Waals surface area contributed by atoms with E-state index in [4.69, 9.17) is 4.74 Å². The molecule has 3 nitrogen and oxygen atoms in total. The van der Waals surface area contributed by atoms with Crippen LogP contribution in [0.2, 0.25) is 0 Å². The second-order valence-electron chi connectivity index (χ2n) is 4.45. The van der Waals surface area contributed by atoms with Crippen LogP contribution in [0.1, 0.15) is 35.3 Å². The lowest BCUT2D eigenvalue weighted by atomic mass is 9.99. The lowest BCUT2D eigenvalue weighted by Crippen LogP contribution is -2.29. The molecule has 0 atom stereocenters. The SMILES string of the molecule is CCN(CC)CC(=O)c1ccc(OC)c(C)c1C. The topological polar surface area (TPSA) is 29.5 Å². The first-order chi connectivity index (χ1) is 8.54. The number of carbonyl (C=O) groups excluding carboxylic acids is 1. The molecular formula is C15H23NO2. The molecule has 0 saturated carbocycles. The summed E-state index contributed by atoms with van der Waals surface area (Å²) in [5, 5.41) is 0. The molecule has 0 aliphatic heterocycles. The van der Waals surface area contributed by atoms with Crippen LogP contribution in [0.25, 0.3) is 0 Å². The van der Waals surface area contributed by atoms with E-state index in [2.05, 4.69) is 18.7 Å². The van der Waals surface area contributed by atoms with Gasteiger partial charge in [-0.1, -0.05) is 13.8 Å². The number of likely N-dealkylation sites (N-methyl/N-ethyl adjacent to an activating group) is 1. The number of Topliss-reactive ketones (excluding diaryl/α,β-unsaturated/α-hetero) is 1. The molecule has 18 heavy (non-hydrogen) atoms. The van der Waals surface area contributed by atoms with Crippen LogP contribution in [0.4, 0.5) is 0 Å². The Labute approximate surface area is 110 Å². The first-order valence-corrected chi connectivity index (χ1v) is 6.44. The van der Waals surface area contributed by atoms with Crippen LogP contribution in [-0.2, 0) is 0 Å². The standard InChI is InChI=1S/C15H23NO2/c1-6-16(7-2)10-14(17)13-8-9-15(18-5)12(4)11(13)3/h8-9H,6-7,10H2,1-5H3. The molecule has 0 spiro atoms. The fourth-order valence-corrected chi connectivity index (χ4v) is 2.05. The van der Waals surface area contributed by atoms with E-state index in [1.54, 1.807) is 7.11 Å². The minimum atomic E-state index is 0.182. The average Bonchev–Trinajstić information content (AvgIpc) is 2.38. The van der Waals surface area contributed by atoms with E-state index in [1.807, 2.05) is 26.0 Å². The summed E-state index contributed by atoms with van der Waals surface area (Å²) in [6, 6.07) is 3.74. The van der Waals surface area contributed by atoms with Gasteiger partial charge in [0.25, 0.3) is 0 Å². The van der Waals surface area contributed by atoms with E-state index in [0.717, 1.165) is 35.5 Å². The van der Waals surface area contributed by atoms with Crippen molar-refractivity contribution in [2.24, 2.45) is 0 Å². The fraction of sp³-hybridized carbons (Fsp3) is 0.533. The maximum atomic E-state index is 12.3. The lowest BCUT2D eigenvalue weighted by molar-refractivity contribution is 0.0936. The highest BCUT2D eigenvalue weighted by atomic mass is 16.5. The Morgan fingerprint density at radius 2 is 1.78 bits per heavy atom. The smallest absolute Gasteiger partial charge is 0.177 e. The fourth-order valence-electron chi connectivity index (χ4n) is 2.05. The van der Waals surface area contributed by atoms with Crippen molar-refractivity contribution in [2.75, 3.05) is 26.7 Å². The normalized spacial score (nSPS) is 10.8. The van der Waals surface area contributed by atoms with E-state index in [1.165, 1.54) is 0 Å². The van der Waals surface area contributed by atoms with Crippen molar-refractivity contribution < 1.29 is 9.53 Å². The molecule has 0 aliphatic rings. The van der Waals surface area contributed by atoms with Gasteiger partial charge in [-0.05, 0) is 50.2 Å². The van der Waals surface area contributed by atoms with Crippen molar-refractivity contribution in [2.45, 2.75) is 27.7 Å². The highest BCUT2D eigenvalue weighted by Gasteiger charge is 2.15. The van der Waals surface area contributed by atoms with Crippen LogP contribution in [0.5, 0.6) is 5.75 Å². The summed E-state index contributed by atoms with van der Waals surface area (Å²) >= 11 is 0. The van der Waals surface area contributed by atoms with Crippen molar-refractivity contribution in [3.05, 3.63) is 28.8 Å². The molecule has 0 N–H and O–H groups in total. The van der Waals surface area contributed by atoms with Crippen LogP contribution in [0.15, 0.2) is 12.1 Å². The molecule has 0 heterocycles. The Bertz CT molecular complexity index is 423. The maximum absolute atomic E-state index is 12.3. The van der Waals surface area contributed by atoms with Crippen molar-refractivity contribution in [3.8, 4) is 5.75 Å². The van der Waals surface area contributed by atoms with Crippen molar-refractivity contribution in [1.29, 1.82) is 0 Å². The summed E-state index contributed by atoms with van der Waals surface area (Å²) < 4.78 is 5.26. The number of ketones is 1. The Morgan fingerprint density at radius 1 is 1.17 bits per heavy atom. The number of rotatable bonds is 6. The van der Waals surface area contributed by atoms with Crippen molar-refractivity contribution in [1.82, 2.24) is 4.90 Å². The summed E-state index contributed by atoms with van der Waals surface area (Å²) in [6.45, 7) is 10.4. The average molecular weight is 249 g/mol. The van der Waals surface area contributed by atoms with E-state index >= 15 is 0 Å². The van der Waals surface area contributed by atoms with E-state index in [9.17, 15) is 4.79 Å². The van der Waals surface area contributed by atoms with Gasteiger partial charge in [-0.2, -0.15) is 0 Å². The Morgan fingerprint density at radius 3 is 2.28 bits per heavy atom. The molecule has 3 heteroatoms. The van der Waals surface area contributed by atoms with Gasteiger partial charge >= 0.3 is 0 Å². The highest BCUT2D eigenvalue weighted by Crippen LogP contribution is 2.24. The summed E-state index contributed by atoms with van der Waals surface area (Å²) in [6.07, 6.45) is 0. The van der Waals surface area contributed by atoms with Gasteiger partial charge in [-0.3, -0.25) is 9.69 Å². The molecule has 0 amide bonds. The van der Waals surface area contributed by atoms with Gasteiger partial charge in [0.15, 0.2) is 5.78 Å². The molecular weight excluding hydrogens is 226 g/mol. The predicted molar refractivity (Wildman–Crippen MR) is 74.6 cm³/mol. The molecule has 0 bridgehead atoms. The van der Waals surface area contributed by atoms with E-state index in [-0.39, 0.29) is 5.78 Å². The number of benzene rings is 1. The second-order valence-corrected chi connectivity index (χ2v) is 4.45. The van der Waals surface area contributed by atoms with E-state index in [0.29, 0.717) is 6.54 Å². The van der Waals surface area contributed by atoms with Gasteiger partial charge in [0, 0.05) is 5.56 Å². The number of hydrogen-bond acceptors (Lipinski definition) is 3. The Hall–Kier alpha value is -1.35. The van der Waals surface area contributed by atoms with Crippen molar-refractivity contribution in [3.63, 3.8) is 0 Å². The van der Waals surface area contributed by atoms with Crippen LogP contribution >= 0.6 is 0 Å². The molecule has 0 saturated heterocycles. The van der Waals surface area contributed by atoms with Gasteiger partial charge in [0.1, 0.15) is 5.75 Å². The Balaban J connectivity index is 2.97. The van der Waals surface area contributed by atoms with Gasteiger partial charge in [0.2, 0.25) is 0 Å². The number of ether oxygens (including phenoxy) is 1. The summed E-state index contributed by atoms with van der Waals surface area (Å²) in [4.78, 5) is 14.4. The van der Waals surface area contributed by atoms with Crippen LogP contribution in [-0.4, -0.2) is 37.4 Å². The third kappa shape index (κ3) is 3.10. The van der Waals surface area contributed by atoms with Crippen molar-refractivity contribution >= 4 is 5.78 Å². The van der Waals surface area contributed by atoms with Crippen LogP contribution < -0.4 is 4.74 Å². The second kappa shape index (κ2) is 6.55. The summed E-state index contributed by atoms with van der Waals surface area (Å²) in [7, 11) is 1.65. The zero-order valence-corrected chi connectivity index (χ0v) is 12.0. The highest BCUT2D eigenvalue weighted by molar-refractivity contribution is 5.99. The summed E-state index contributed by atoms with van der Waals surface area (Å²) in [5.41, 5.74) is 2.87. The number of methoxy groups -OCH3 is 1. The zero-order chi connectivity index (χ0) is 13.7. The lowest BCUT2D eigenvalue weighted by Gasteiger charge is -2.18. The number of carbonyl (C=O) groups is 1. The minimum absolute atomic E-state index is 0.182. The van der Waals surface area contributed by atoms with Gasteiger partial charge in [0.05, 0.1) is 13.7 Å². The first kappa shape index (κ1) is 14.7. The minimum Gasteiger partial charge on any atom is -0.496 e.